The summed E-state index contributed by atoms with van der Waals surface area (Å²) in [6.07, 6.45) is 0. The largest absolute Gasteiger partial charge is 0.468 e. The molecule has 22 heavy (non-hydrogen) atoms. The van der Waals surface area contributed by atoms with Crippen molar-refractivity contribution in [3.8, 4) is 0 Å². The Morgan fingerprint density at radius 2 is 2.09 bits per heavy atom. The maximum atomic E-state index is 12.1. The Balaban J connectivity index is 2.34. The van der Waals surface area contributed by atoms with E-state index in [1.54, 1.807) is 13.0 Å². The van der Waals surface area contributed by atoms with Crippen molar-refractivity contribution in [3.63, 3.8) is 0 Å². The molecule has 1 heterocycles. The van der Waals surface area contributed by atoms with Crippen molar-refractivity contribution in [1.29, 1.82) is 0 Å². The molecule has 0 bridgehead atoms. The van der Waals surface area contributed by atoms with Crippen molar-refractivity contribution in [2.75, 3.05) is 21.2 Å². The van der Waals surface area contributed by atoms with Crippen LogP contribution in [0.25, 0.3) is 11.1 Å². The average Bonchev–Trinajstić information content (AvgIpc) is 2.87. The van der Waals surface area contributed by atoms with Crippen molar-refractivity contribution in [2.45, 2.75) is 22.3 Å². The number of thioether (sulfide) groups is 1. The maximum Gasteiger partial charge on any atom is 0.319 e. The minimum absolute atomic E-state index is 0.135. The van der Waals surface area contributed by atoms with Crippen LogP contribution in [0.3, 0.4) is 0 Å². The molecule has 0 fully saturated rings. The van der Waals surface area contributed by atoms with Crippen LogP contribution in [0.2, 0.25) is 0 Å². The summed E-state index contributed by atoms with van der Waals surface area (Å²) in [6.45, 7) is 1.67. The number of carbonyl (C=O) groups is 1. The maximum absolute atomic E-state index is 12.1. The van der Waals surface area contributed by atoms with Crippen LogP contribution in [0.4, 0.5) is 0 Å². The molecule has 1 atom stereocenters. The minimum atomic E-state index is -3.53. The van der Waals surface area contributed by atoms with E-state index in [1.807, 2.05) is 0 Å². The van der Waals surface area contributed by atoms with Crippen molar-refractivity contribution in [1.82, 2.24) is 9.29 Å². The van der Waals surface area contributed by atoms with Gasteiger partial charge < -0.3 is 9.15 Å². The molecule has 0 aliphatic heterocycles. The van der Waals surface area contributed by atoms with Crippen LogP contribution in [-0.2, 0) is 19.6 Å². The minimum Gasteiger partial charge on any atom is -0.468 e. The van der Waals surface area contributed by atoms with Gasteiger partial charge in [0.05, 0.1) is 12.0 Å². The van der Waals surface area contributed by atoms with E-state index in [9.17, 15) is 13.2 Å². The average molecular weight is 344 g/mol. The summed E-state index contributed by atoms with van der Waals surface area (Å²) < 4.78 is 35.4. The molecule has 120 valence electrons. The number of ether oxygens (including phenoxy) is 1. The van der Waals surface area contributed by atoms with Gasteiger partial charge in [0.1, 0.15) is 10.8 Å². The van der Waals surface area contributed by atoms with E-state index in [1.165, 1.54) is 33.3 Å². The number of rotatable bonds is 5. The number of methoxy groups -OCH3 is 1. The number of oxazole rings is 1. The molecule has 0 amide bonds. The summed E-state index contributed by atoms with van der Waals surface area (Å²) in [5.41, 5.74) is 0.875. The Morgan fingerprint density at radius 1 is 1.41 bits per heavy atom. The molecule has 2 aromatic rings. The molecule has 1 aromatic heterocycles. The highest BCUT2D eigenvalue weighted by Gasteiger charge is 2.21. The van der Waals surface area contributed by atoms with Gasteiger partial charge in [-0.15, -0.1) is 0 Å². The molecule has 1 aromatic carbocycles. The van der Waals surface area contributed by atoms with E-state index in [0.29, 0.717) is 11.1 Å². The second-order valence-electron chi connectivity index (χ2n) is 4.68. The van der Waals surface area contributed by atoms with Crippen molar-refractivity contribution < 1.29 is 22.4 Å². The lowest BCUT2D eigenvalue weighted by atomic mass is 10.3. The Morgan fingerprint density at radius 3 is 2.68 bits per heavy atom. The number of benzene rings is 1. The van der Waals surface area contributed by atoms with Gasteiger partial charge in [-0.2, -0.15) is 0 Å². The Hall–Kier alpha value is -1.58. The summed E-state index contributed by atoms with van der Waals surface area (Å²) in [4.78, 5) is 15.7. The van der Waals surface area contributed by atoms with E-state index in [0.717, 1.165) is 16.1 Å². The standard InChI is InChI=1S/C13H16N2O5S2/c1-8(12(16)19-4)21-13-14-10-7-9(5-6-11(10)20-13)22(17,18)15(2)3/h5-8H,1-4H3/t8-/m0/s1. The molecule has 0 saturated carbocycles. The molecule has 0 saturated heterocycles. The molecule has 0 unspecified atom stereocenters. The van der Waals surface area contributed by atoms with Crippen LogP contribution < -0.4 is 0 Å². The van der Waals surface area contributed by atoms with Gasteiger partial charge >= 0.3 is 5.97 Å². The molecule has 2 rings (SSSR count). The van der Waals surface area contributed by atoms with Crippen LogP contribution in [0.1, 0.15) is 6.92 Å². The molecular weight excluding hydrogens is 328 g/mol. The first-order valence-corrected chi connectivity index (χ1v) is 8.65. The number of carbonyl (C=O) groups excluding carboxylic acids is 1. The fraction of sp³-hybridized carbons (Fsp3) is 0.385. The van der Waals surface area contributed by atoms with Gasteiger partial charge in [0, 0.05) is 14.1 Å². The normalized spacial score (nSPS) is 13.5. The fourth-order valence-electron chi connectivity index (χ4n) is 1.67. The summed E-state index contributed by atoms with van der Waals surface area (Å²) in [5.74, 6) is -0.386. The van der Waals surface area contributed by atoms with E-state index in [4.69, 9.17) is 4.42 Å². The summed E-state index contributed by atoms with van der Waals surface area (Å²) in [6, 6.07) is 4.45. The van der Waals surface area contributed by atoms with Crippen LogP contribution in [0, 0.1) is 0 Å². The van der Waals surface area contributed by atoms with Gasteiger partial charge in [-0.1, -0.05) is 11.8 Å². The summed E-state index contributed by atoms with van der Waals surface area (Å²) in [5, 5.41) is -0.185. The van der Waals surface area contributed by atoms with E-state index in [2.05, 4.69) is 9.72 Å². The highest BCUT2D eigenvalue weighted by molar-refractivity contribution is 8.00. The van der Waals surface area contributed by atoms with Gasteiger partial charge in [0.25, 0.3) is 5.22 Å². The molecule has 0 radical (unpaired) electrons. The quantitative estimate of drug-likeness (QED) is 0.603. The van der Waals surface area contributed by atoms with Gasteiger partial charge in [-0.05, 0) is 25.1 Å². The van der Waals surface area contributed by atoms with Gasteiger partial charge in [0.2, 0.25) is 10.0 Å². The zero-order valence-corrected chi connectivity index (χ0v) is 14.2. The van der Waals surface area contributed by atoms with Crippen LogP contribution >= 0.6 is 11.8 Å². The number of aromatic nitrogens is 1. The number of esters is 1. The lowest BCUT2D eigenvalue weighted by Gasteiger charge is -2.10. The monoisotopic (exact) mass is 344 g/mol. The molecule has 0 aliphatic rings. The van der Waals surface area contributed by atoms with Crippen LogP contribution in [0.15, 0.2) is 32.7 Å². The highest BCUT2D eigenvalue weighted by atomic mass is 32.2. The lowest BCUT2D eigenvalue weighted by Crippen LogP contribution is -2.22. The zero-order valence-electron chi connectivity index (χ0n) is 12.6. The van der Waals surface area contributed by atoms with Crippen molar-refractivity contribution in [3.05, 3.63) is 18.2 Å². The third kappa shape index (κ3) is 3.26. The lowest BCUT2D eigenvalue weighted by molar-refractivity contribution is -0.139. The van der Waals surface area contributed by atoms with Crippen LogP contribution in [-0.4, -0.2) is 50.1 Å². The zero-order chi connectivity index (χ0) is 16.5. The van der Waals surface area contributed by atoms with Crippen molar-refractivity contribution in [2.24, 2.45) is 0 Å². The first-order valence-electron chi connectivity index (χ1n) is 6.33. The first-order chi connectivity index (χ1) is 10.3. The predicted octanol–water partition coefficient (Wildman–Crippen LogP) is 1.73. The van der Waals surface area contributed by atoms with E-state index in [-0.39, 0.29) is 16.1 Å². The summed E-state index contributed by atoms with van der Waals surface area (Å²) in [7, 11) is 0.701. The van der Waals surface area contributed by atoms with E-state index < -0.39 is 15.3 Å². The fourth-order valence-corrected chi connectivity index (χ4v) is 3.38. The van der Waals surface area contributed by atoms with Crippen LogP contribution in [0.5, 0.6) is 0 Å². The summed E-state index contributed by atoms with van der Waals surface area (Å²) >= 11 is 1.11. The molecule has 9 heteroatoms. The molecule has 0 spiro atoms. The Kier molecular flexibility index (Phi) is 4.78. The van der Waals surface area contributed by atoms with E-state index >= 15 is 0 Å². The first kappa shape index (κ1) is 16.8. The molecular formula is C13H16N2O5S2. The number of hydrogen-bond donors (Lipinski definition) is 0. The van der Waals surface area contributed by atoms with Gasteiger partial charge in [-0.3, -0.25) is 4.79 Å². The Bertz CT molecular complexity index is 798. The second-order valence-corrected chi connectivity index (χ2v) is 8.12. The Labute approximate surface area is 132 Å². The van der Waals surface area contributed by atoms with Crippen molar-refractivity contribution >= 4 is 38.9 Å². The number of sulfonamides is 1. The third-order valence-corrected chi connectivity index (χ3v) is 5.66. The number of fused-ring (bicyclic) bond motifs is 1. The third-order valence-electron chi connectivity index (χ3n) is 2.93. The molecule has 0 N–H and O–H groups in total. The number of nitrogens with zero attached hydrogens (tertiary/aromatic N) is 2. The highest BCUT2D eigenvalue weighted by Crippen LogP contribution is 2.28. The number of hydrogen-bond acceptors (Lipinski definition) is 7. The molecule has 7 nitrogen and oxygen atoms in total. The SMILES string of the molecule is COC(=O)[C@H](C)Sc1nc2cc(S(=O)(=O)N(C)C)ccc2o1. The topological polar surface area (TPSA) is 89.7 Å². The van der Waals surface area contributed by atoms with Gasteiger partial charge in [0.15, 0.2) is 5.58 Å². The molecule has 0 aliphatic carbocycles. The smallest absolute Gasteiger partial charge is 0.319 e. The second kappa shape index (κ2) is 6.27. The predicted molar refractivity (Wildman–Crippen MR) is 82.2 cm³/mol. The van der Waals surface area contributed by atoms with Gasteiger partial charge in [-0.25, -0.2) is 17.7 Å².